The quantitative estimate of drug-likeness (QED) is 0.612. The molecule has 1 aliphatic heterocycles. The molecule has 0 bridgehead atoms. The summed E-state index contributed by atoms with van der Waals surface area (Å²) >= 11 is 0. The van der Waals surface area contributed by atoms with Crippen LogP contribution in [0.4, 0.5) is 5.82 Å². The fourth-order valence-electron chi connectivity index (χ4n) is 3.42. The van der Waals surface area contributed by atoms with Gasteiger partial charge in [-0.25, -0.2) is 14.2 Å². The van der Waals surface area contributed by atoms with Crippen LogP contribution in [-0.4, -0.2) is 35.3 Å². The molecule has 0 aromatic carbocycles. The second kappa shape index (κ2) is 5.76. The van der Waals surface area contributed by atoms with Crippen LogP contribution in [0, 0.1) is 0 Å². The van der Waals surface area contributed by atoms with Crippen LogP contribution in [0.3, 0.4) is 0 Å². The highest BCUT2D eigenvalue weighted by atomic mass is 16.1. The molecule has 1 atom stereocenters. The first-order valence-electron chi connectivity index (χ1n) is 8.32. The van der Waals surface area contributed by atoms with Gasteiger partial charge in [0, 0.05) is 48.3 Å². The lowest BCUT2D eigenvalue weighted by atomic mass is 9.89. The molecule has 0 aliphatic carbocycles. The predicted octanol–water partition coefficient (Wildman–Crippen LogP) is 1.84. The molecule has 0 spiro atoms. The molecule has 8 heteroatoms. The molecule has 1 amide bonds. The summed E-state index contributed by atoms with van der Waals surface area (Å²) < 4.78 is 3.52. The number of nitrogens with one attached hydrogen (secondary N) is 1. The van der Waals surface area contributed by atoms with Gasteiger partial charge in [0.15, 0.2) is 5.65 Å². The molecule has 128 valence electrons. The van der Waals surface area contributed by atoms with E-state index in [9.17, 15) is 4.79 Å². The minimum Gasteiger partial charge on any atom is -0.311 e. The summed E-state index contributed by atoms with van der Waals surface area (Å²) in [6.45, 7) is 0.545. The fraction of sp³-hybridized carbons (Fsp3) is 0.167. The standard InChI is InChI=1S/C18H15N7O/c26-16-7-13(14-9-21-24-6-2-5-20-17(14)24)15-10-22-25(18(15)23-16)11-12-3-1-4-19-8-12/h1-6,8-10,13H,7,11H2,(H,23,26)/t13-/m1/s1. The van der Waals surface area contributed by atoms with Crippen molar-refractivity contribution in [1.82, 2.24) is 29.4 Å². The lowest BCUT2D eigenvalue weighted by molar-refractivity contribution is -0.116. The Morgan fingerprint density at radius 3 is 2.92 bits per heavy atom. The third kappa shape index (κ3) is 2.34. The van der Waals surface area contributed by atoms with Crippen LogP contribution in [0.25, 0.3) is 5.65 Å². The molecular formula is C18H15N7O. The molecule has 5 heterocycles. The van der Waals surface area contributed by atoms with Gasteiger partial charge in [-0.2, -0.15) is 10.2 Å². The molecule has 26 heavy (non-hydrogen) atoms. The minimum atomic E-state index is -0.117. The van der Waals surface area contributed by atoms with E-state index >= 15 is 0 Å². The Kier molecular flexibility index (Phi) is 3.27. The van der Waals surface area contributed by atoms with Crippen molar-refractivity contribution in [3.8, 4) is 0 Å². The van der Waals surface area contributed by atoms with Gasteiger partial charge in [0.2, 0.25) is 5.91 Å². The predicted molar refractivity (Wildman–Crippen MR) is 93.6 cm³/mol. The zero-order chi connectivity index (χ0) is 17.5. The third-order valence-electron chi connectivity index (χ3n) is 4.63. The van der Waals surface area contributed by atoms with Crippen LogP contribution in [0.15, 0.2) is 55.4 Å². The first kappa shape index (κ1) is 14.8. The number of amides is 1. The molecule has 1 N–H and O–H groups in total. The number of hydrogen-bond donors (Lipinski definition) is 1. The van der Waals surface area contributed by atoms with Crippen molar-refractivity contribution in [3.63, 3.8) is 0 Å². The van der Waals surface area contributed by atoms with Crippen LogP contribution in [0.1, 0.15) is 29.0 Å². The number of carbonyl (C=O) groups is 1. The first-order valence-corrected chi connectivity index (χ1v) is 8.32. The van der Waals surface area contributed by atoms with Crippen LogP contribution in [-0.2, 0) is 11.3 Å². The van der Waals surface area contributed by atoms with Gasteiger partial charge >= 0.3 is 0 Å². The van der Waals surface area contributed by atoms with Crippen molar-refractivity contribution < 1.29 is 4.79 Å². The number of hydrogen-bond acceptors (Lipinski definition) is 5. The topological polar surface area (TPSA) is 90.0 Å². The van der Waals surface area contributed by atoms with E-state index in [1.807, 2.05) is 30.6 Å². The van der Waals surface area contributed by atoms with Gasteiger partial charge in [0.25, 0.3) is 0 Å². The van der Waals surface area contributed by atoms with E-state index in [0.29, 0.717) is 13.0 Å². The van der Waals surface area contributed by atoms with Crippen molar-refractivity contribution in [2.75, 3.05) is 5.32 Å². The highest BCUT2D eigenvalue weighted by Gasteiger charge is 2.32. The van der Waals surface area contributed by atoms with E-state index in [0.717, 1.165) is 28.2 Å². The molecule has 0 unspecified atom stereocenters. The minimum absolute atomic E-state index is 0.0364. The largest absolute Gasteiger partial charge is 0.311 e. The Morgan fingerprint density at radius 2 is 2.04 bits per heavy atom. The Balaban J connectivity index is 1.58. The Hall–Kier alpha value is -3.55. The molecule has 0 radical (unpaired) electrons. The highest BCUT2D eigenvalue weighted by molar-refractivity contribution is 5.94. The molecule has 4 aromatic rings. The van der Waals surface area contributed by atoms with Crippen LogP contribution in [0.2, 0.25) is 0 Å². The summed E-state index contributed by atoms with van der Waals surface area (Å²) in [5, 5.41) is 11.8. The number of carbonyl (C=O) groups excluding carboxylic acids is 1. The maximum absolute atomic E-state index is 12.4. The highest BCUT2D eigenvalue weighted by Crippen LogP contribution is 2.38. The van der Waals surface area contributed by atoms with Gasteiger partial charge in [-0.1, -0.05) is 6.07 Å². The molecular weight excluding hydrogens is 330 g/mol. The smallest absolute Gasteiger partial charge is 0.226 e. The zero-order valence-electron chi connectivity index (χ0n) is 13.8. The molecule has 0 saturated heterocycles. The van der Waals surface area contributed by atoms with Gasteiger partial charge in [0.05, 0.1) is 18.9 Å². The van der Waals surface area contributed by atoms with E-state index in [1.165, 1.54) is 0 Å². The molecule has 8 nitrogen and oxygen atoms in total. The number of fused-ring (bicyclic) bond motifs is 2. The van der Waals surface area contributed by atoms with Gasteiger partial charge in [-0.05, 0) is 17.7 Å². The third-order valence-corrected chi connectivity index (χ3v) is 4.63. The van der Waals surface area contributed by atoms with Crippen LogP contribution < -0.4 is 5.32 Å². The lowest BCUT2D eigenvalue weighted by Crippen LogP contribution is -2.25. The average Bonchev–Trinajstić information content (AvgIpc) is 3.27. The molecule has 5 rings (SSSR count). The van der Waals surface area contributed by atoms with Crippen molar-refractivity contribution >= 4 is 17.4 Å². The van der Waals surface area contributed by atoms with Crippen LogP contribution in [0.5, 0.6) is 0 Å². The van der Waals surface area contributed by atoms with Crippen molar-refractivity contribution in [2.24, 2.45) is 0 Å². The van der Waals surface area contributed by atoms with E-state index in [4.69, 9.17) is 0 Å². The van der Waals surface area contributed by atoms with E-state index in [-0.39, 0.29) is 11.8 Å². The van der Waals surface area contributed by atoms with Gasteiger partial charge in [0.1, 0.15) is 5.82 Å². The Morgan fingerprint density at radius 1 is 1.12 bits per heavy atom. The summed E-state index contributed by atoms with van der Waals surface area (Å²) in [4.78, 5) is 20.9. The van der Waals surface area contributed by atoms with E-state index in [1.54, 1.807) is 34.0 Å². The Labute approximate surface area is 148 Å². The lowest BCUT2D eigenvalue weighted by Gasteiger charge is -2.22. The van der Waals surface area contributed by atoms with Gasteiger partial charge in [-0.15, -0.1) is 0 Å². The molecule has 1 aliphatic rings. The summed E-state index contributed by atoms with van der Waals surface area (Å²) in [7, 11) is 0. The molecule has 0 fully saturated rings. The summed E-state index contributed by atoms with van der Waals surface area (Å²) in [5.41, 5.74) is 3.70. The number of rotatable bonds is 3. The van der Waals surface area contributed by atoms with Crippen molar-refractivity contribution in [3.05, 3.63) is 72.1 Å². The maximum atomic E-state index is 12.4. The monoisotopic (exact) mass is 345 g/mol. The number of nitrogens with zero attached hydrogens (tertiary/aromatic N) is 6. The second-order valence-corrected chi connectivity index (χ2v) is 6.26. The Bertz CT molecular complexity index is 1100. The second-order valence-electron chi connectivity index (χ2n) is 6.26. The zero-order valence-corrected chi connectivity index (χ0v) is 13.8. The average molecular weight is 345 g/mol. The number of aromatic nitrogens is 6. The molecule has 0 saturated carbocycles. The maximum Gasteiger partial charge on any atom is 0.226 e. The van der Waals surface area contributed by atoms with E-state index in [2.05, 4.69) is 25.5 Å². The summed E-state index contributed by atoms with van der Waals surface area (Å²) in [5.74, 6) is 0.574. The van der Waals surface area contributed by atoms with Crippen molar-refractivity contribution in [2.45, 2.75) is 18.9 Å². The number of pyridine rings is 1. The van der Waals surface area contributed by atoms with Gasteiger partial charge < -0.3 is 5.32 Å². The normalized spacial score (nSPS) is 16.5. The summed E-state index contributed by atoms with van der Waals surface area (Å²) in [6.07, 6.45) is 11.1. The first-order chi connectivity index (χ1) is 12.8. The fourth-order valence-corrected chi connectivity index (χ4v) is 3.42. The van der Waals surface area contributed by atoms with Crippen LogP contribution >= 0.6 is 0 Å². The van der Waals surface area contributed by atoms with E-state index < -0.39 is 0 Å². The number of anilines is 1. The summed E-state index contributed by atoms with van der Waals surface area (Å²) in [6, 6.07) is 5.70. The van der Waals surface area contributed by atoms with Gasteiger partial charge in [-0.3, -0.25) is 9.78 Å². The van der Waals surface area contributed by atoms with Crippen molar-refractivity contribution in [1.29, 1.82) is 0 Å². The SMILES string of the molecule is O=C1C[C@H](c2cnn3cccnc23)c2cnn(Cc3cccnc3)c2N1. The molecule has 4 aromatic heterocycles.